The largest absolute Gasteiger partial charge is 0.478 e. The number of benzene rings is 2. The van der Waals surface area contributed by atoms with Gasteiger partial charge in [0.2, 0.25) is 5.91 Å². The minimum atomic E-state index is -4.50. The van der Waals surface area contributed by atoms with Crippen molar-refractivity contribution >= 4 is 11.9 Å². The first-order chi connectivity index (χ1) is 13.9. The van der Waals surface area contributed by atoms with Gasteiger partial charge in [0.1, 0.15) is 0 Å². The minimum Gasteiger partial charge on any atom is -0.478 e. The minimum absolute atomic E-state index is 0.000484. The number of primary amides is 1. The van der Waals surface area contributed by atoms with Crippen molar-refractivity contribution in [2.75, 3.05) is 0 Å². The Labute approximate surface area is 171 Å². The van der Waals surface area contributed by atoms with Gasteiger partial charge in [-0.3, -0.25) is 4.79 Å². The fraction of sp³-hybridized carbons (Fsp3) is 0.182. The maximum atomic E-state index is 13.0. The van der Waals surface area contributed by atoms with Crippen LogP contribution in [0.2, 0.25) is 0 Å². The number of carbonyl (C=O) groups excluding carboxylic acids is 1. The van der Waals surface area contributed by atoms with E-state index in [0.29, 0.717) is 11.3 Å². The first-order valence-electron chi connectivity index (χ1n) is 8.88. The van der Waals surface area contributed by atoms with Crippen molar-refractivity contribution < 1.29 is 27.9 Å². The van der Waals surface area contributed by atoms with Crippen molar-refractivity contribution in [3.05, 3.63) is 88.2 Å². The van der Waals surface area contributed by atoms with Crippen molar-refractivity contribution in [2.24, 2.45) is 5.73 Å². The molecule has 0 aliphatic carbocycles. The van der Waals surface area contributed by atoms with Crippen LogP contribution in [0.15, 0.2) is 54.6 Å². The van der Waals surface area contributed by atoms with Gasteiger partial charge in [-0.1, -0.05) is 29.8 Å². The molecule has 0 saturated heterocycles. The van der Waals surface area contributed by atoms with Crippen molar-refractivity contribution in [2.45, 2.75) is 26.9 Å². The number of para-hydroxylation sites is 1. The molecule has 1 aromatic heterocycles. The van der Waals surface area contributed by atoms with E-state index in [1.54, 1.807) is 19.1 Å². The van der Waals surface area contributed by atoms with Gasteiger partial charge in [-0.15, -0.1) is 0 Å². The standard InChI is InChI=1S/C14H12F3NO2.C8H9NO/c1-8-7-10(13(19)20)9(2)18(8)12-6-4-3-5-11(12)14(15,16)17;1-6-2-4-7(5-3-6)8(9)10/h3-7H,1-2H3,(H,19,20);2-5H,1H3,(H2,9,10). The predicted octanol–water partition coefficient (Wildman–Crippen LogP) is 4.91. The summed E-state index contributed by atoms with van der Waals surface area (Å²) < 4.78 is 40.4. The van der Waals surface area contributed by atoms with Gasteiger partial charge in [0.25, 0.3) is 0 Å². The number of hydrogen-bond acceptors (Lipinski definition) is 2. The third-order valence-electron chi connectivity index (χ3n) is 4.45. The second kappa shape index (κ2) is 8.86. The molecule has 0 radical (unpaired) electrons. The van der Waals surface area contributed by atoms with Crippen molar-refractivity contribution in [1.29, 1.82) is 0 Å². The van der Waals surface area contributed by atoms with E-state index in [-0.39, 0.29) is 22.9 Å². The number of rotatable bonds is 3. The molecule has 1 amide bonds. The van der Waals surface area contributed by atoms with Crippen LogP contribution in [-0.4, -0.2) is 21.6 Å². The molecule has 3 aromatic rings. The first kappa shape index (κ1) is 22.7. The number of carboxylic acid groups (broad SMARTS) is 1. The molecular formula is C22H21F3N2O3. The molecule has 158 valence electrons. The monoisotopic (exact) mass is 418 g/mol. The summed E-state index contributed by atoms with van der Waals surface area (Å²) in [6.07, 6.45) is -4.50. The Bertz CT molecular complexity index is 1070. The van der Waals surface area contributed by atoms with E-state index in [1.807, 2.05) is 19.1 Å². The summed E-state index contributed by atoms with van der Waals surface area (Å²) >= 11 is 0. The van der Waals surface area contributed by atoms with Gasteiger partial charge in [-0.2, -0.15) is 13.2 Å². The van der Waals surface area contributed by atoms with E-state index >= 15 is 0 Å². The van der Waals surface area contributed by atoms with E-state index in [0.717, 1.165) is 11.6 Å². The molecule has 0 fully saturated rings. The molecule has 2 aromatic carbocycles. The lowest BCUT2D eigenvalue weighted by Gasteiger charge is -2.16. The third kappa shape index (κ3) is 5.08. The molecule has 3 N–H and O–H groups in total. The Morgan fingerprint density at radius 3 is 2.00 bits per heavy atom. The summed E-state index contributed by atoms with van der Waals surface area (Å²) in [5, 5.41) is 9.04. The normalized spacial score (nSPS) is 10.9. The SMILES string of the molecule is Cc1cc(C(=O)O)c(C)n1-c1ccccc1C(F)(F)F.Cc1ccc(C(N)=O)cc1. The Morgan fingerprint density at radius 2 is 1.53 bits per heavy atom. The van der Waals surface area contributed by atoms with Gasteiger partial charge >= 0.3 is 12.1 Å². The highest BCUT2D eigenvalue weighted by Crippen LogP contribution is 2.35. The molecule has 0 unspecified atom stereocenters. The van der Waals surface area contributed by atoms with E-state index in [2.05, 4.69) is 0 Å². The first-order valence-corrected chi connectivity index (χ1v) is 8.88. The average molecular weight is 418 g/mol. The topological polar surface area (TPSA) is 85.3 Å². The Balaban J connectivity index is 0.000000269. The van der Waals surface area contributed by atoms with Crippen LogP contribution in [0.3, 0.4) is 0 Å². The third-order valence-corrected chi connectivity index (χ3v) is 4.45. The molecular weight excluding hydrogens is 397 g/mol. The smallest absolute Gasteiger partial charge is 0.418 e. The number of hydrogen-bond donors (Lipinski definition) is 2. The number of amides is 1. The number of halogens is 3. The predicted molar refractivity (Wildman–Crippen MR) is 107 cm³/mol. The van der Waals surface area contributed by atoms with Crippen molar-refractivity contribution in [3.63, 3.8) is 0 Å². The fourth-order valence-electron chi connectivity index (χ4n) is 2.98. The fourth-order valence-corrected chi connectivity index (χ4v) is 2.98. The number of nitrogens with two attached hydrogens (primary N) is 1. The lowest BCUT2D eigenvalue weighted by atomic mass is 10.1. The Hall–Kier alpha value is -3.55. The van der Waals surface area contributed by atoms with Crippen LogP contribution in [0.5, 0.6) is 0 Å². The number of aromatic carboxylic acids is 1. The highest BCUT2D eigenvalue weighted by molar-refractivity contribution is 5.92. The van der Waals surface area contributed by atoms with Gasteiger partial charge in [-0.25, -0.2) is 4.79 Å². The highest BCUT2D eigenvalue weighted by atomic mass is 19.4. The van der Waals surface area contributed by atoms with Crippen LogP contribution in [-0.2, 0) is 6.18 Å². The molecule has 30 heavy (non-hydrogen) atoms. The van der Waals surface area contributed by atoms with E-state index < -0.39 is 17.7 Å². The zero-order valence-corrected chi connectivity index (χ0v) is 16.6. The average Bonchev–Trinajstić information content (AvgIpc) is 2.96. The number of carbonyl (C=O) groups is 2. The summed E-state index contributed by atoms with van der Waals surface area (Å²) in [6, 6.07) is 13.6. The second-order valence-corrected chi connectivity index (χ2v) is 6.67. The molecule has 0 bridgehead atoms. The summed E-state index contributed by atoms with van der Waals surface area (Å²) in [6.45, 7) is 5.03. The zero-order chi connectivity index (χ0) is 22.6. The maximum Gasteiger partial charge on any atom is 0.418 e. The van der Waals surface area contributed by atoms with Gasteiger partial charge < -0.3 is 15.4 Å². The van der Waals surface area contributed by atoms with Gasteiger partial charge in [0.15, 0.2) is 0 Å². The molecule has 5 nitrogen and oxygen atoms in total. The van der Waals surface area contributed by atoms with Crippen LogP contribution in [0.25, 0.3) is 5.69 Å². The summed E-state index contributed by atoms with van der Waals surface area (Å²) in [4.78, 5) is 21.6. The molecule has 0 saturated carbocycles. The highest BCUT2D eigenvalue weighted by Gasteiger charge is 2.34. The van der Waals surface area contributed by atoms with E-state index in [9.17, 15) is 22.8 Å². The lowest BCUT2D eigenvalue weighted by molar-refractivity contribution is -0.137. The molecule has 1 heterocycles. The summed E-state index contributed by atoms with van der Waals surface area (Å²) in [5.41, 5.74) is 6.57. The van der Waals surface area contributed by atoms with Crippen LogP contribution in [0.1, 0.15) is 43.2 Å². The van der Waals surface area contributed by atoms with Crippen molar-refractivity contribution in [3.8, 4) is 5.69 Å². The van der Waals surface area contributed by atoms with E-state index in [4.69, 9.17) is 10.8 Å². The maximum absolute atomic E-state index is 13.0. The van der Waals surface area contributed by atoms with Gasteiger partial charge in [0.05, 0.1) is 16.8 Å². The molecule has 3 rings (SSSR count). The number of carboxylic acids is 1. The molecule has 0 aliphatic heterocycles. The lowest BCUT2D eigenvalue weighted by Crippen LogP contribution is -2.12. The summed E-state index contributed by atoms with van der Waals surface area (Å²) in [5.74, 6) is -1.53. The van der Waals surface area contributed by atoms with E-state index in [1.165, 1.54) is 35.8 Å². The second-order valence-electron chi connectivity index (χ2n) is 6.67. The molecule has 0 atom stereocenters. The summed E-state index contributed by atoms with van der Waals surface area (Å²) in [7, 11) is 0. The zero-order valence-electron chi connectivity index (χ0n) is 16.6. The van der Waals surface area contributed by atoms with Gasteiger partial charge in [-0.05, 0) is 51.1 Å². The quantitative estimate of drug-likeness (QED) is 0.634. The molecule has 8 heteroatoms. The van der Waals surface area contributed by atoms with Crippen LogP contribution >= 0.6 is 0 Å². The Morgan fingerprint density at radius 1 is 0.967 bits per heavy atom. The molecule has 0 aliphatic rings. The van der Waals surface area contributed by atoms with Crippen LogP contribution in [0.4, 0.5) is 13.2 Å². The van der Waals surface area contributed by atoms with Crippen LogP contribution < -0.4 is 5.73 Å². The number of nitrogens with zero attached hydrogens (tertiary/aromatic N) is 1. The Kier molecular flexibility index (Phi) is 6.71. The van der Waals surface area contributed by atoms with Crippen LogP contribution in [0, 0.1) is 20.8 Å². The number of aryl methyl sites for hydroxylation is 2. The van der Waals surface area contributed by atoms with Gasteiger partial charge in [0, 0.05) is 17.0 Å². The number of alkyl halides is 3. The number of aromatic nitrogens is 1. The van der Waals surface area contributed by atoms with Crippen molar-refractivity contribution in [1.82, 2.24) is 4.57 Å². The molecule has 0 spiro atoms.